The number of phenolic OH excluding ortho intramolecular Hbond substituents is 1. The summed E-state index contributed by atoms with van der Waals surface area (Å²) in [6, 6.07) is 19.2. The van der Waals surface area contributed by atoms with Gasteiger partial charge in [0.15, 0.2) is 0 Å². The van der Waals surface area contributed by atoms with Crippen molar-refractivity contribution >= 4 is 57.7 Å². The quantitative estimate of drug-likeness (QED) is 0.0771. The minimum Gasteiger partial charge on any atom is -0.506 e. The molecule has 0 unspecified atom stereocenters. The normalized spacial score (nSPS) is 14.4. The highest BCUT2D eigenvalue weighted by atomic mass is 32.1. The molecule has 9 rings (SSSR count). The lowest BCUT2D eigenvalue weighted by Gasteiger charge is -2.18. The number of halogens is 1. The van der Waals surface area contributed by atoms with Crippen LogP contribution >= 0.6 is 11.5 Å². The third kappa shape index (κ3) is 9.83. The Kier molecular flexibility index (Phi) is 13.7. The number of nitrogens with one attached hydrogen (secondary N) is 1. The summed E-state index contributed by atoms with van der Waals surface area (Å²) >= 11 is 1.43. The average Bonchev–Trinajstić information content (AvgIpc) is 3.93. The number of hydrogen-bond donors (Lipinski definition) is 2. The van der Waals surface area contributed by atoms with Gasteiger partial charge in [-0.2, -0.15) is 0 Å². The fourth-order valence-electron chi connectivity index (χ4n) is 8.20. The van der Waals surface area contributed by atoms with E-state index in [0.717, 1.165) is 74.5 Å². The molecule has 2 N–H and O–H groups in total. The van der Waals surface area contributed by atoms with E-state index in [9.17, 15) is 24.3 Å². The summed E-state index contributed by atoms with van der Waals surface area (Å²) in [7, 11) is -0.177. The van der Waals surface area contributed by atoms with Crippen molar-refractivity contribution in [3.05, 3.63) is 115 Å². The van der Waals surface area contributed by atoms with Crippen molar-refractivity contribution in [1.29, 1.82) is 0 Å². The van der Waals surface area contributed by atoms with Crippen molar-refractivity contribution in [2.24, 2.45) is 0 Å². The molecule has 7 aromatic rings. The van der Waals surface area contributed by atoms with Gasteiger partial charge in [0.05, 0.1) is 40.4 Å². The van der Waals surface area contributed by atoms with Crippen molar-refractivity contribution in [3.8, 4) is 34.0 Å². The summed E-state index contributed by atoms with van der Waals surface area (Å²) in [6.07, 6.45) is 6.24. The first kappa shape index (κ1) is 45.6. The smallest absolute Gasteiger partial charge is 0.340 e. The van der Waals surface area contributed by atoms with Crippen LogP contribution in [0.3, 0.4) is 0 Å². The highest BCUT2D eigenvalue weighted by Gasteiger charge is 2.24. The Morgan fingerprint density at radius 3 is 2.40 bits per heavy atom. The number of carbonyl (C=O) groups excluding carboxylic acids is 1. The maximum atomic E-state index is 15.1. The molecule has 14 nitrogen and oxygen atoms in total. The van der Waals surface area contributed by atoms with E-state index in [-0.39, 0.29) is 45.9 Å². The third-order valence-corrected chi connectivity index (χ3v) is 14.7. The second-order valence-corrected chi connectivity index (χ2v) is 24.3. The summed E-state index contributed by atoms with van der Waals surface area (Å²) in [5.41, 5.74) is 2.50. The van der Waals surface area contributed by atoms with E-state index < -0.39 is 25.4 Å². The number of likely N-dealkylation sites (tertiary alicyclic amines) is 1. The Balaban J connectivity index is 0.000000178. The van der Waals surface area contributed by atoms with E-state index >= 15 is 4.39 Å². The predicted molar refractivity (Wildman–Crippen MR) is 255 cm³/mol. The van der Waals surface area contributed by atoms with Crippen LogP contribution in [-0.2, 0) is 29.2 Å². The second kappa shape index (κ2) is 19.6. The van der Waals surface area contributed by atoms with Gasteiger partial charge in [-0.15, -0.1) is 0 Å². The van der Waals surface area contributed by atoms with Crippen molar-refractivity contribution in [2.75, 3.05) is 40.0 Å². The number of aryl methyl sites for hydroxylation is 1. The largest absolute Gasteiger partial charge is 0.506 e. The minimum absolute atomic E-state index is 0.00933. The molecule has 0 aliphatic carbocycles. The van der Waals surface area contributed by atoms with Gasteiger partial charge in [-0.1, -0.05) is 61.5 Å². The lowest BCUT2D eigenvalue weighted by molar-refractivity contribution is 0.0595. The van der Waals surface area contributed by atoms with Gasteiger partial charge >= 0.3 is 5.97 Å². The molecule has 17 heteroatoms. The third-order valence-electron chi connectivity index (χ3n) is 11.8. The number of ether oxygens (including phenoxy) is 3. The summed E-state index contributed by atoms with van der Waals surface area (Å²) in [5, 5.41) is 11.0. The van der Waals surface area contributed by atoms with Crippen molar-refractivity contribution in [2.45, 2.75) is 77.5 Å². The molecule has 0 spiro atoms. The summed E-state index contributed by atoms with van der Waals surface area (Å²) in [6.45, 7) is 11.7. The van der Waals surface area contributed by atoms with E-state index in [1.165, 1.54) is 53.2 Å². The Labute approximate surface area is 379 Å². The van der Waals surface area contributed by atoms with Crippen LogP contribution < -0.4 is 21.4 Å². The number of H-pyrrole nitrogens is 1. The zero-order chi connectivity index (χ0) is 45.8. The molecule has 0 amide bonds. The molecule has 4 bridgehead atoms. The van der Waals surface area contributed by atoms with E-state index in [1.54, 1.807) is 16.1 Å². The Morgan fingerprint density at radius 1 is 0.877 bits per heavy atom. The first-order valence-electron chi connectivity index (χ1n) is 22.0. The molecular formula is C48H53FN6O8SSi. The van der Waals surface area contributed by atoms with Crippen LogP contribution in [-0.4, -0.2) is 87.5 Å². The number of esters is 1. The molecule has 3 aromatic heterocycles. The highest BCUT2D eigenvalue weighted by Crippen LogP contribution is 2.33. The van der Waals surface area contributed by atoms with Gasteiger partial charge in [-0.3, -0.25) is 22.9 Å². The van der Waals surface area contributed by atoms with Gasteiger partial charge in [0.1, 0.15) is 46.5 Å². The molecule has 0 saturated carbocycles. The number of fused-ring (bicyclic) bond motifs is 4. The Bertz CT molecular complexity index is 3080. The van der Waals surface area contributed by atoms with E-state index in [1.807, 2.05) is 24.3 Å². The van der Waals surface area contributed by atoms with E-state index in [4.69, 9.17) is 14.5 Å². The molecule has 65 heavy (non-hydrogen) atoms. The number of rotatable bonds is 10. The molecule has 2 aliphatic rings. The van der Waals surface area contributed by atoms with Crippen LogP contribution in [0.1, 0.15) is 48.0 Å². The van der Waals surface area contributed by atoms with Crippen LogP contribution in [0.4, 0.5) is 4.39 Å². The molecule has 0 atom stereocenters. The summed E-state index contributed by atoms with van der Waals surface area (Å²) < 4.78 is 35.7. The zero-order valence-electron chi connectivity index (χ0n) is 37.1. The molecule has 1 fully saturated rings. The van der Waals surface area contributed by atoms with Gasteiger partial charge in [-0.25, -0.2) is 19.2 Å². The minimum atomic E-state index is -1.32. The monoisotopic (exact) mass is 920 g/mol. The lowest BCUT2D eigenvalue weighted by atomic mass is 10.1. The molecular weight excluding hydrogens is 868 g/mol. The van der Waals surface area contributed by atoms with Gasteiger partial charge in [0.25, 0.3) is 16.7 Å². The van der Waals surface area contributed by atoms with Gasteiger partial charge < -0.3 is 29.2 Å². The predicted octanol–water partition coefficient (Wildman–Crippen LogP) is 8.17. The number of hydrogen-bond acceptors (Lipinski definition) is 12. The van der Waals surface area contributed by atoms with Crippen LogP contribution in [0, 0.1) is 5.82 Å². The highest BCUT2D eigenvalue weighted by molar-refractivity contribution is 7.14. The SMILES string of the molecule is COC(=O)c1cccc(-c2nc3c(O)cccc3n(COCC[Si](C)(C)C)c2=O)c1F.O=c1[nH]c2ccc(CCN3CCCC3)c3c2nc1-c1cccc2c(=O)n(sc12)CCCCCO3. The fraction of sp³-hybridized carbons (Fsp3) is 0.375. The maximum Gasteiger partial charge on any atom is 0.340 e. The lowest BCUT2D eigenvalue weighted by Crippen LogP contribution is -2.27. The zero-order valence-corrected chi connectivity index (χ0v) is 38.9. The summed E-state index contributed by atoms with van der Waals surface area (Å²) in [5.74, 6) is -1.15. The number of nitrogens with zero attached hydrogens (tertiary/aromatic N) is 5. The topological polar surface area (TPSA) is 171 Å². The number of para-hydroxylation sites is 1. The first-order valence-corrected chi connectivity index (χ1v) is 26.5. The maximum absolute atomic E-state index is 15.1. The van der Waals surface area contributed by atoms with Crippen molar-refractivity contribution < 1.29 is 28.5 Å². The Hall–Kier alpha value is -6.01. The summed E-state index contributed by atoms with van der Waals surface area (Å²) in [4.78, 5) is 65.8. The molecule has 1 saturated heterocycles. The Morgan fingerprint density at radius 2 is 1.62 bits per heavy atom. The van der Waals surface area contributed by atoms with Gasteiger partial charge in [0, 0.05) is 38.9 Å². The number of carbonyl (C=O) groups is 1. The molecule has 5 heterocycles. The van der Waals surface area contributed by atoms with Crippen LogP contribution in [0.25, 0.3) is 54.7 Å². The van der Waals surface area contributed by atoms with Crippen molar-refractivity contribution in [3.63, 3.8) is 0 Å². The number of benzene rings is 4. The van der Waals surface area contributed by atoms with Gasteiger partial charge in [0.2, 0.25) is 0 Å². The molecule has 0 radical (unpaired) electrons. The molecule has 340 valence electrons. The molecule has 2 aliphatic heterocycles. The van der Waals surface area contributed by atoms with Crippen molar-refractivity contribution in [1.82, 2.24) is 28.4 Å². The van der Waals surface area contributed by atoms with Gasteiger partial charge in [-0.05, 0) is 99.6 Å². The van der Waals surface area contributed by atoms with Crippen LogP contribution in [0.5, 0.6) is 11.5 Å². The van der Waals surface area contributed by atoms with Crippen LogP contribution in [0.15, 0.2) is 81.1 Å². The number of aromatic amines is 1. The van der Waals surface area contributed by atoms with Crippen LogP contribution in [0.2, 0.25) is 25.7 Å². The first-order chi connectivity index (χ1) is 31.3. The van der Waals surface area contributed by atoms with E-state index in [2.05, 4.69) is 45.3 Å². The number of phenols is 1. The fourth-order valence-corrected chi connectivity index (χ4v) is 10.1. The van der Waals surface area contributed by atoms with E-state index in [0.29, 0.717) is 53.0 Å². The number of aromatic nitrogens is 5. The second-order valence-electron chi connectivity index (χ2n) is 17.6. The standard InChI is InChI=1S/C26H28N4O3S.C22H25FN2O5Si/c31-25-21-18-7-6-8-19-24(18)34-30(26(19)32)14-2-1-5-16-33-23-17(11-15-29-12-3-4-13-29)9-10-20(27-25)22(23)28-21;1-29-22(28)15-8-5-7-14(18(15)23)19-21(27)25(13-30-11-12-31(2,3)4)16-9-6-10-17(26)20(16)24-19/h6-10H,1-5,11-16H2,(H,27,31);5-10,26H,11-13H2,1-4H3. The number of methoxy groups -OCH3 is 1. The molecule has 4 aromatic carbocycles. The average molecular weight is 921 g/mol. The number of aromatic hydroxyl groups is 1.